The molecule has 0 bridgehead atoms. The number of hydrogen-bond acceptors (Lipinski definition) is 2. The van der Waals surface area contributed by atoms with Crippen molar-refractivity contribution in [1.82, 2.24) is 10.6 Å². The SMILES string of the molecule is CCCC1CC1NC(=O)NC(C)(CC)C(=O)O. The smallest absolute Gasteiger partial charge is 0.329 e. The topological polar surface area (TPSA) is 78.4 Å². The van der Waals surface area contributed by atoms with Crippen LogP contribution in [0.2, 0.25) is 0 Å². The number of carboxylic acid groups (broad SMARTS) is 1. The van der Waals surface area contributed by atoms with Crippen molar-refractivity contribution < 1.29 is 14.7 Å². The Hall–Kier alpha value is -1.26. The van der Waals surface area contributed by atoms with Crippen LogP contribution in [0.1, 0.15) is 46.5 Å². The van der Waals surface area contributed by atoms with E-state index in [1.54, 1.807) is 6.92 Å². The molecule has 0 aromatic heterocycles. The molecule has 0 heterocycles. The molecule has 1 aliphatic carbocycles. The first-order valence-electron chi connectivity index (χ1n) is 6.25. The maximum Gasteiger partial charge on any atom is 0.329 e. The van der Waals surface area contributed by atoms with Gasteiger partial charge in [0.2, 0.25) is 0 Å². The maximum atomic E-state index is 11.6. The van der Waals surface area contributed by atoms with Crippen molar-refractivity contribution >= 4 is 12.0 Å². The van der Waals surface area contributed by atoms with Crippen LogP contribution in [0.15, 0.2) is 0 Å². The summed E-state index contributed by atoms with van der Waals surface area (Å²) in [4.78, 5) is 22.7. The number of carbonyl (C=O) groups excluding carboxylic acids is 1. The van der Waals surface area contributed by atoms with E-state index in [1.165, 1.54) is 6.92 Å². The van der Waals surface area contributed by atoms with E-state index in [9.17, 15) is 9.59 Å². The van der Waals surface area contributed by atoms with Gasteiger partial charge in [-0.1, -0.05) is 20.3 Å². The lowest BCUT2D eigenvalue weighted by Gasteiger charge is -2.24. The average Bonchev–Trinajstić information content (AvgIpc) is 2.96. The number of urea groups is 1. The van der Waals surface area contributed by atoms with Crippen molar-refractivity contribution in [3.8, 4) is 0 Å². The van der Waals surface area contributed by atoms with Crippen LogP contribution in [0, 0.1) is 5.92 Å². The van der Waals surface area contributed by atoms with E-state index in [4.69, 9.17) is 5.11 Å². The van der Waals surface area contributed by atoms with Gasteiger partial charge in [0.25, 0.3) is 0 Å². The van der Waals surface area contributed by atoms with Gasteiger partial charge in [-0.3, -0.25) is 0 Å². The summed E-state index contributed by atoms with van der Waals surface area (Å²) in [5.74, 6) is -0.431. The second kappa shape index (κ2) is 5.38. The maximum absolute atomic E-state index is 11.6. The molecular weight excluding hydrogens is 220 g/mol. The summed E-state index contributed by atoms with van der Waals surface area (Å²) in [6, 6.07) is -0.148. The lowest BCUT2D eigenvalue weighted by molar-refractivity contribution is -0.143. The Bertz CT molecular complexity index is 306. The normalized spacial score (nSPS) is 25.8. The number of hydrogen-bond donors (Lipinski definition) is 3. The Morgan fingerprint density at radius 3 is 2.53 bits per heavy atom. The van der Waals surface area contributed by atoms with Crippen LogP contribution in [-0.2, 0) is 4.79 Å². The second-order valence-electron chi connectivity index (χ2n) is 4.98. The van der Waals surface area contributed by atoms with Gasteiger partial charge in [-0.25, -0.2) is 9.59 Å². The largest absolute Gasteiger partial charge is 0.480 e. The molecule has 3 N–H and O–H groups in total. The van der Waals surface area contributed by atoms with Gasteiger partial charge >= 0.3 is 12.0 Å². The third-order valence-corrected chi connectivity index (χ3v) is 3.47. The first-order chi connectivity index (χ1) is 7.92. The lowest BCUT2D eigenvalue weighted by atomic mass is 10.00. The Morgan fingerprint density at radius 1 is 1.41 bits per heavy atom. The fraction of sp³-hybridized carbons (Fsp3) is 0.833. The van der Waals surface area contributed by atoms with Crippen LogP contribution in [0.25, 0.3) is 0 Å². The Kier molecular flexibility index (Phi) is 4.37. The number of amides is 2. The fourth-order valence-electron chi connectivity index (χ4n) is 1.86. The zero-order valence-corrected chi connectivity index (χ0v) is 10.7. The van der Waals surface area contributed by atoms with E-state index in [0.717, 1.165) is 19.3 Å². The summed E-state index contributed by atoms with van der Waals surface area (Å²) < 4.78 is 0. The van der Waals surface area contributed by atoms with E-state index < -0.39 is 11.5 Å². The molecule has 17 heavy (non-hydrogen) atoms. The molecule has 3 atom stereocenters. The molecule has 0 radical (unpaired) electrons. The monoisotopic (exact) mass is 242 g/mol. The van der Waals surface area contributed by atoms with Gasteiger partial charge in [0.15, 0.2) is 0 Å². The van der Waals surface area contributed by atoms with Gasteiger partial charge in [0.1, 0.15) is 5.54 Å². The summed E-state index contributed by atoms with van der Waals surface area (Å²) in [7, 11) is 0. The first-order valence-corrected chi connectivity index (χ1v) is 6.25. The van der Waals surface area contributed by atoms with Crippen molar-refractivity contribution in [2.45, 2.75) is 58.0 Å². The number of carbonyl (C=O) groups is 2. The van der Waals surface area contributed by atoms with Gasteiger partial charge in [-0.2, -0.15) is 0 Å². The molecule has 0 saturated heterocycles. The van der Waals surface area contributed by atoms with Gasteiger partial charge < -0.3 is 15.7 Å². The molecule has 3 unspecified atom stereocenters. The highest BCUT2D eigenvalue weighted by Gasteiger charge is 2.39. The highest BCUT2D eigenvalue weighted by Crippen LogP contribution is 2.34. The van der Waals surface area contributed by atoms with E-state index in [1.807, 2.05) is 0 Å². The fourth-order valence-corrected chi connectivity index (χ4v) is 1.86. The van der Waals surface area contributed by atoms with Crippen LogP contribution in [-0.4, -0.2) is 28.7 Å². The minimum atomic E-state index is -1.18. The molecule has 0 aromatic carbocycles. The van der Waals surface area contributed by atoms with Crippen molar-refractivity contribution in [1.29, 1.82) is 0 Å². The summed E-state index contributed by atoms with van der Waals surface area (Å²) in [5.41, 5.74) is -1.18. The van der Waals surface area contributed by atoms with Crippen molar-refractivity contribution in [2.75, 3.05) is 0 Å². The molecule has 1 rings (SSSR count). The summed E-state index contributed by atoms with van der Waals surface area (Å²) in [5, 5.41) is 14.4. The van der Waals surface area contributed by atoms with E-state index >= 15 is 0 Å². The van der Waals surface area contributed by atoms with E-state index in [2.05, 4.69) is 17.6 Å². The predicted molar refractivity (Wildman–Crippen MR) is 64.8 cm³/mol. The Morgan fingerprint density at radius 2 is 2.06 bits per heavy atom. The van der Waals surface area contributed by atoms with E-state index in [0.29, 0.717) is 12.3 Å². The Labute approximate surface area is 102 Å². The van der Waals surface area contributed by atoms with E-state index in [-0.39, 0.29) is 12.1 Å². The molecule has 98 valence electrons. The van der Waals surface area contributed by atoms with Crippen molar-refractivity contribution in [3.05, 3.63) is 0 Å². The standard InChI is InChI=1S/C12H22N2O3/c1-4-6-8-7-9(8)13-11(17)14-12(3,5-2)10(15)16/h8-9H,4-7H2,1-3H3,(H,15,16)(H2,13,14,17). The average molecular weight is 242 g/mol. The third-order valence-electron chi connectivity index (χ3n) is 3.47. The summed E-state index contributed by atoms with van der Waals surface area (Å²) >= 11 is 0. The molecule has 0 aliphatic heterocycles. The van der Waals surface area contributed by atoms with Gasteiger partial charge in [0, 0.05) is 6.04 Å². The van der Waals surface area contributed by atoms with Gasteiger partial charge in [-0.05, 0) is 32.1 Å². The molecule has 1 saturated carbocycles. The zero-order chi connectivity index (χ0) is 13.1. The van der Waals surface area contributed by atoms with Crippen LogP contribution < -0.4 is 10.6 Å². The molecular formula is C12H22N2O3. The van der Waals surface area contributed by atoms with Gasteiger partial charge in [0.05, 0.1) is 0 Å². The summed E-state index contributed by atoms with van der Waals surface area (Å²) in [6.07, 6.45) is 3.61. The van der Waals surface area contributed by atoms with Crippen molar-refractivity contribution in [3.63, 3.8) is 0 Å². The lowest BCUT2D eigenvalue weighted by Crippen LogP contribution is -2.55. The molecule has 5 heteroatoms. The second-order valence-corrected chi connectivity index (χ2v) is 4.98. The van der Waals surface area contributed by atoms with Gasteiger partial charge in [-0.15, -0.1) is 0 Å². The number of carboxylic acids is 1. The van der Waals surface area contributed by atoms with Crippen LogP contribution in [0.3, 0.4) is 0 Å². The molecule has 1 fully saturated rings. The predicted octanol–water partition coefficient (Wildman–Crippen LogP) is 1.73. The quantitative estimate of drug-likeness (QED) is 0.663. The van der Waals surface area contributed by atoms with Crippen LogP contribution in [0.4, 0.5) is 4.79 Å². The van der Waals surface area contributed by atoms with Crippen LogP contribution >= 0.6 is 0 Å². The summed E-state index contributed by atoms with van der Waals surface area (Å²) in [6.45, 7) is 5.38. The minimum absolute atomic E-state index is 0.227. The zero-order valence-electron chi connectivity index (χ0n) is 10.7. The molecule has 0 aromatic rings. The Balaban J connectivity index is 2.37. The molecule has 2 amide bonds. The number of rotatable bonds is 6. The number of nitrogens with one attached hydrogen (secondary N) is 2. The van der Waals surface area contributed by atoms with Crippen molar-refractivity contribution in [2.24, 2.45) is 5.92 Å². The first kappa shape index (κ1) is 13.8. The minimum Gasteiger partial charge on any atom is -0.480 e. The highest BCUT2D eigenvalue weighted by molar-refractivity contribution is 5.86. The third kappa shape index (κ3) is 3.61. The molecule has 1 aliphatic rings. The molecule has 0 spiro atoms. The van der Waals surface area contributed by atoms with Crippen LogP contribution in [0.5, 0.6) is 0 Å². The number of aliphatic carboxylic acids is 1. The highest BCUT2D eigenvalue weighted by atomic mass is 16.4. The molecule has 5 nitrogen and oxygen atoms in total.